The van der Waals surface area contributed by atoms with Gasteiger partial charge in [0.05, 0.1) is 26.2 Å². The van der Waals surface area contributed by atoms with Crippen molar-refractivity contribution in [3.8, 4) is 0 Å². The fraction of sp³-hybridized carbons (Fsp3) is 0.222. The maximum absolute atomic E-state index is 10.7. The van der Waals surface area contributed by atoms with E-state index in [4.69, 9.17) is 9.52 Å². The summed E-state index contributed by atoms with van der Waals surface area (Å²) in [5.74, 6) is -0.440. The van der Waals surface area contributed by atoms with E-state index in [2.05, 4.69) is 4.74 Å². The van der Waals surface area contributed by atoms with Crippen molar-refractivity contribution in [3.63, 3.8) is 0 Å². The van der Waals surface area contributed by atoms with Crippen LogP contribution in [0.2, 0.25) is 0 Å². The lowest BCUT2D eigenvalue weighted by Crippen LogP contribution is -1.93. The largest absolute Gasteiger partial charge is 0.472 e. The molecular formula is C9H10O4. The normalized spacial score (nSPS) is 10.6. The van der Waals surface area contributed by atoms with E-state index in [0.29, 0.717) is 11.1 Å². The maximum Gasteiger partial charge on any atom is 0.330 e. The molecule has 0 amide bonds. The van der Waals surface area contributed by atoms with Crippen LogP contribution in [0.4, 0.5) is 0 Å². The lowest BCUT2D eigenvalue weighted by atomic mass is 10.2. The molecule has 0 bridgehead atoms. The first kappa shape index (κ1) is 9.54. The summed E-state index contributed by atoms with van der Waals surface area (Å²) in [6.45, 7) is -0.114. The zero-order valence-electron chi connectivity index (χ0n) is 7.19. The molecule has 0 saturated heterocycles. The monoisotopic (exact) mass is 182 g/mol. The Morgan fingerprint density at radius 2 is 2.46 bits per heavy atom. The van der Waals surface area contributed by atoms with Crippen LogP contribution in [0, 0.1) is 0 Å². The van der Waals surface area contributed by atoms with E-state index in [0.717, 1.165) is 0 Å². The van der Waals surface area contributed by atoms with Crippen LogP contribution in [0.5, 0.6) is 0 Å². The van der Waals surface area contributed by atoms with E-state index >= 15 is 0 Å². The van der Waals surface area contributed by atoms with Crippen molar-refractivity contribution in [2.75, 3.05) is 7.11 Å². The number of aliphatic hydroxyl groups is 1. The fourth-order valence-electron chi connectivity index (χ4n) is 0.834. The van der Waals surface area contributed by atoms with E-state index in [-0.39, 0.29) is 6.61 Å². The van der Waals surface area contributed by atoms with Crippen LogP contribution in [0.15, 0.2) is 23.0 Å². The highest BCUT2D eigenvalue weighted by molar-refractivity contribution is 5.87. The molecule has 0 aromatic carbocycles. The Balaban J connectivity index is 2.73. The Morgan fingerprint density at radius 1 is 1.69 bits per heavy atom. The number of hydrogen-bond acceptors (Lipinski definition) is 4. The van der Waals surface area contributed by atoms with Gasteiger partial charge in [-0.05, 0) is 6.08 Å². The number of hydrogen-bond donors (Lipinski definition) is 1. The lowest BCUT2D eigenvalue weighted by molar-refractivity contribution is -0.134. The summed E-state index contributed by atoms with van der Waals surface area (Å²) < 4.78 is 9.24. The summed E-state index contributed by atoms with van der Waals surface area (Å²) in [5, 5.41) is 8.82. The topological polar surface area (TPSA) is 59.7 Å². The van der Waals surface area contributed by atoms with E-state index in [1.54, 1.807) is 0 Å². The van der Waals surface area contributed by atoms with E-state index in [9.17, 15) is 4.79 Å². The Bertz CT molecular complexity index is 311. The quantitative estimate of drug-likeness (QED) is 0.558. The van der Waals surface area contributed by atoms with Crippen LogP contribution in [0.3, 0.4) is 0 Å². The predicted molar refractivity (Wildman–Crippen MR) is 45.7 cm³/mol. The van der Waals surface area contributed by atoms with Gasteiger partial charge in [0.15, 0.2) is 0 Å². The SMILES string of the molecule is COC(=O)/C=C/c1cocc1CO. The summed E-state index contributed by atoms with van der Waals surface area (Å²) in [4.78, 5) is 10.7. The van der Waals surface area contributed by atoms with Crippen LogP contribution in [0.1, 0.15) is 11.1 Å². The Morgan fingerprint density at radius 3 is 3.08 bits per heavy atom. The van der Waals surface area contributed by atoms with Crippen molar-refractivity contribution in [3.05, 3.63) is 29.7 Å². The van der Waals surface area contributed by atoms with Crippen molar-refractivity contribution < 1.29 is 19.1 Å². The summed E-state index contributed by atoms with van der Waals surface area (Å²) in [6.07, 6.45) is 5.67. The zero-order valence-corrected chi connectivity index (χ0v) is 7.19. The number of carbonyl (C=O) groups excluding carboxylic acids is 1. The third-order valence-electron chi connectivity index (χ3n) is 1.55. The molecule has 4 nitrogen and oxygen atoms in total. The van der Waals surface area contributed by atoms with Crippen molar-refractivity contribution in [1.82, 2.24) is 0 Å². The molecular weight excluding hydrogens is 172 g/mol. The van der Waals surface area contributed by atoms with Gasteiger partial charge in [-0.2, -0.15) is 0 Å². The number of carbonyl (C=O) groups is 1. The standard InChI is InChI=1S/C9H10O4/c1-12-9(11)3-2-7-5-13-6-8(7)4-10/h2-3,5-6,10H,4H2,1H3/b3-2+. The lowest BCUT2D eigenvalue weighted by Gasteiger charge is -1.91. The molecule has 1 N–H and O–H groups in total. The van der Waals surface area contributed by atoms with Gasteiger partial charge in [-0.25, -0.2) is 4.79 Å². The average Bonchev–Trinajstić information content (AvgIpc) is 2.61. The third kappa shape index (κ3) is 2.45. The molecule has 0 aliphatic heterocycles. The van der Waals surface area contributed by atoms with Gasteiger partial charge in [0.2, 0.25) is 0 Å². The predicted octanol–water partition coefficient (Wildman–Crippen LogP) is 0.958. The van der Waals surface area contributed by atoms with Gasteiger partial charge < -0.3 is 14.3 Å². The second-order valence-corrected chi connectivity index (χ2v) is 2.37. The van der Waals surface area contributed by atoms with Gasteiger partial charge >= 0.3 is 5.97 Å². The fourth-order valence-corrected chi connectivity index (χ4v) is 0.834. The minimum Gasteiger partial charge on any atom is -0.472 e. The van der Waals surface area contributed by atoms with Crippen molar-refractivity contribution in [1.29, 1.82) is 0 Å². The zero-order chi connectivity index (χ0) is 9.68. The molecule has 0 unspecified atom stereocenters. The molecule has 0 aliphatic rings. The Kier molecular flexibility index (Phi) is 3.28. The molecule has 13 heavy (non-hydrogen) atoms. The Hall–Kier alpha value is -1.55. The first-order valence-corrected chi connectivity index (χ1v) is 3.70. The highest BCUT2D eigenvalue weighted by Crippen LogP contribution is 2.11. The van der Waals surface area contributed by atoms with Crippen LogP contribution >= 0.6 is 0 Å². The van der Waals surface area contributed by atoms with Crippen LogP contribution in [-0.4, -0.2) is 18.2 Å². The number of furan rings is 1. The average molecular weight is 182 g/mol. The molecule has 1 heterocycles. The van der Waals surface area contributed by atoms with Gasteiger partial charge in [0, 0.05) is 17.2 Å². The number of methoxy groups -OCH3 is 1. The van der Waals surface area contributed by atoms with Crippen LogP contribution in [0.25, 0.3) is 6.08 Å². The highest BCUT2D eigenvalue weighted by atomic mass is 16.5. The first-order valence-electron chi connectivity index (χ1n) is 3.70. The van der Waals surface area contributed by atoms with Gasteiger partial charge in [-0.3, -0.25) is 0 Å². The molecule has 0 saturated carbocycles. The van der Waals surface area contributed by atoms with Crippen LogP contribution in [-0.2, 0) is 16.1 Å². The van der Waals surface area contributed by atoms with Crippen molar-refractivity contribution >= 4 is 12.0 Å². The summed E-state index contributed by atoms with van der Waals surface area (Å²) in [5.41, 5.74) is 1.31. The summed E-state index contributed by atoms with van der Waals surface area (Å²) >= 11 is 0. The summed E-state index contributed by atoms with van der Waals surface area (Å²) in [7, 11) is 1.30. The molecule has 0 radical (unpaired) electrons. The number of esters is 1. The minimum atomic E-state index is -0.440. The van der Waals surface area contributed by atoms with E-state index in [1.807, 2.05) is 0 Å². The molecule has 1 rings (SSSR count). The molecule has 1 aromatic heterocycles. The van der Waals surface area contributed by atoms with Crippen LogP contribution < -0.4 is 0 Å². The van der Waals surface area contributed by atoms with Gasteiger partial charge in [0.25, 0.3) is 0 Å². The highest BCUT2D eigenvalue weighted by Gasteiger charge is 2.00. The van der Waals surface area contributed by atoms with Gasteiger partial charge in [-0.15, -0.1) is 0 Å². The molecule has 4 heteroatoms. The van der Waals surface area contributed by atoms with E-state index < -0.39 is 5.97 Å². The van der Waals surface area contributed by atoms with E-state index in [1.165, 1.54) is 31.8 Å². The Labute approximate surface area is 75.4 Å². The minimum absolute atomic E-state index is 0.114. The first-order chi connectivity index (χ1) is 6.27. The number of ether oxygens (including phenoxy) is 1. The molecule has 0 aliphatic carbocycles. The second-order valence-electron chi connectivity index (χ2n) is 2.37. The number of rotatable bonds is 3. The van der Waals surface area contributed by atoms with Crippen molar-refractivity contribution in [2.24, 2.45) is 0 Å². The third-order valence-corrected chi connectivity index (χ3v) is 1.55. The van der Waals surface area contributed by atoms with Gasteiger partial charge in [-0.1, -0.05) is 0 Å². The molecule has 0 atom stereocenters. The van der Waals surface area contributed by atoms with Gasteiger partial charge in [0.1, 0.15) is 0 Å². The molecule has 0 fully saturated rings. The maximum atomic E-state index is 10.7. The summed E-state index contributed by atoms with van der Waals surface area (Å²) in [6, 6.07) is 0. The second kappa shape index (κ2) is 4.47. The number of aliphatic hydroxyl groups excluding tert-OH is 1. The smallest absolute Gasteiger partial charge is 0.330 e. The molecule has 70 valence electrons. The molecule has 1 aromatic rings. The molecule has 0 spiro atoms. The van der Waals surface area contributed by atoms with Crippen molar-refractivity contribution in [2.45, 2.75) is 6.61 Å².